The highest BCUT2D eigenvalue weighted by Gasteiger charge is 2.27. The number of benzene rings is 1. The highest BCUT2D eigenvalue weighted by molar-refractivity contribution is 5.99. The zero-order valence-electron chi connectivity index (χ0n) is 15.1. The summed E-state index contributed by atoms with van der Waals surface area (Å²) in [6, 6.07) is 5.86. The summed E-state index contributed by atoms with van der Waals surface area (Å²) < 4.78 is 10.2. The van der Waals surface area contributed by atoms with Crippen molar-refractivity contribution in [3.8, 4) is 5.75 Å². The van der Waals surface area contributed by atoms with Crippen molar-refractivity contribution in [1.82, 2.24) is 10.6 Å². The van der Waals surface area contributed by atoms with Crippen LogP contribution in [0.2, 0.25) is 0 Å². The number of rotatable bonds is 9. The second kappa shape index (κ2) is 10.3. The van der Waals surface area contributed by atoms with Crippen molar-refractivity contribution >= 4 is 17.8 Å². The van der Waals surface area contributed by atoms with E-state index in [4.69, 9.17) is 9.47 Å². The van der Waals surface area contributed by atoms with Gasteiger partial charge in [0.25, 0.3) is 11.8 Å². The maximum absolute atomic E-state index is 12.4. The maximum Gasteiger partial charge on any atom is 0.329 e. The topological polar surface area (TPSA) is 93.7 Å². The Morgan fingerprint density at radius 1 is 1.16 bits per heavy atom. The predicted molar refractivity (Wildman–Crippen MR) is 93.3 cm³/mol. The lowest BCUT2D eigenvalue weighted by molar-refractivity contribution is -0.151. The number of carbonyl (C=O) groups is 3. The monoisotopic (exact) mass is 350 g/mol. The van der Waals surface area contributed by atoms with Gasteiger partial charge in [0.05, 0.1) is 12.7 Å². The fourth-order valence-electron chi connectivity index (χ4n) is 2.09. The van der Waals surface area contributed by atoms with E-state index in [2.05, 4.69) is 10.6 Å². The lowest BCUT2D eigenvalue weighted by Gasteiger charge is -2.21. The molecule has 7 nitrogen and oxygen atoms in total. The minimum atomic E-state index is -0.864. The number of ether oxygens (including phenoxy) is 2. The van der Waals surface area contributed by atoms with Crippen molar-refractivity contribution in [3.05, 3.63) is 29.8 Å². The highest BCUT2D eigenvalue weighted by Crippen LogP contribution is 2.17. The first-order chi connectivity index (χ1) is 11.9. The highest BCUT2D eigenvalue weighted by atomic mass is 16.5. The molecule has 1 aromatic rings. The van der Waals surface area contributed by atoms with Crippen LogP contribution >= 0.6 is 0 Å². The first kappa shape index (κ1) is 20.5. The maximum atomic E-state index is 12.4. The van der Waals surface area contributed by atoms with E-state index < -0.39 is 17.9 Å². The Bertz CT molecular complexity index is 601. The molecule has 0 fully saturated rings. The molecule has 0 saturated heterocycles. The van der Waals surface area contributed by atoms with Crippen LogP contribution in [0.1, 0.15) is 37.6 Å². The Hall–Kier alpha value is -2.57. The average molecular weight is 350 g/mol. The van der Waals surface area contributed by atoms with Crippen LogP contribution in [0.4, 0.5) is 0 Å². The number of carbonyl (C=O) groups excluding carboxylic acids is 3. The molecular weight excluding hydrogens is 324 g/mol. The van der Waals surface area contributed by atoms with E-state index in [-0.39, 0.29) is 18.4 Å². The smallest absolute Gasteiger partial charge is 0.329 e. The second-order valence-electron chi connectivity index (χ2n) is 5.85. The third-order valence-corrected chi connectivity index (χ3v) is 3.48. The fraction of sp³-hybridized carbons (Fsp3) is 0.500. The zero-order valence-corrected chi connectivity index (χ0v) is 15.1. The molecule has 0 unspecified atom stereocenters. The van der Waals surface area contributed by atoms with Crippen LogP contribution in [0.25, 0.3) is 0 Å². The van der Waals surface area contributed by atoms with Crippen LogP contribution in [-0.2, 0) is 14.3 Å². The molecule has 1 aromatic carbocycles. The van der Waals surface area contributed by atoms with Crippen molar-refractivity contribution in [1.29, 1.82) is 0 Å². The molecule has 7 heteroatoms. The van der Waals surface area contributed by atoms with Gasteiger partial charge >= 0.3 is 5.97 Å². The molecule has 0 heterocycles. The number of hydrogen-bond donors (Lipinski definition) is 2. The van der Waals surface area contributed by atoms with Gasteiger partial charge in [0.15, 0.2) is 6.61 Å². The zero-order chi connectivity index (χ0) is 18.8. The van der Waals surface area contributed by atoms with Gasteiger partial charge in [0.2, 0.25) is 0 Å². The summed E-state index contributed by atoms with van der Waals surface area (Å²) in [5.41, 5.74) is 0.323. The Morgan fingerprint density at radius 3 is 2.44 bits per heavy atom. The molecule has 0 aliphatic carbocycles. The molecule has 0 spiro atoms. The van der Waals surface area contributed by atoms with Crippen molar-refractivity contribution in [2.45, 2.75) is 33.2 Å². The molecule has 0 aliphatic heterocycles. The molecule has 1 rings (SSSR count). The van der Waals surface area contributed by atoms with E-state index in [1.807, 2.05) is 6.92 Å². The summed E-state index contributed by atoms with van der Waals surface area (Å²) in [6.07, 6.45) is 0.795. The van der Waals surface area contributed by atoms with Crippen molar-refractivity contribution < 1.29 is 23.9 Å². The summed E-state index contributed by atoms with van der Waals surface area (Å²) in [7, 11) is 1.47. The van der Waals surface area contributed by atoms with Crippen molar-refractivity contribution in [2.24, 2.45) is 5.92 Å². The van der Waals surface area contributed by atoms with E-state index in [1.54, 1.807) is 38.1 Å². The summed E-state index contributed by atoms with van der Waals surface area (Å²) in [6.45, 7) is 5.65. The van der Waals surface area contributed by atoms with Crippen LogP contribution in [0.15, 0.2) is 24.3 Å². The largest absolute Gasteiger partial charge is 0.496 e. The standard InChI is InChI=1S/C18H26N2O5/c1-5-10-19-15(21)11-25-18(23)16(12(2)3)20-17(22)13-8-6-7-9-14(13)24-4/h6-9,12,16H,5,10-11H2,1-4H3,(H,19,21)(H,20,22)/t16-/m0/s1. The van der Waals surface area contributed by atoms with Gasteiger partial charge in [-0.2, -0.15) is 0 Å². The average Bonchev–Trinajstić information content (AvgIpc) is 2.61. The molecule has 1 atom stereocenters. The molecule has 0 bridgehead atoms. The summed E-state index contributed by atoms with van der Waals surface area (Å²) in [5, 5.41) is 5.27. The Morgan fingerprint density at radius 2 is 1.84 bits per heavy atom. The lowest BCUT2D eigenvalue weighted by Crippen LogP contribution is -2.46. The molecule has 0 radical (unpaired) electrons. The minimum Gasteiger partial charge on any atom is -0.496 e. The second-order valence-corrected chi connectivity index (χ2v) is 5.85. The summed E-state index contributed by atoms with van der Waals surface area (Å²) in [4.78, 5) is 36.2. The van der Waals surface area contributed by atoms with E-state index in [0.717, 1.165) is 6.42 Å². The number of hydrogen-bond acceptors (Lipinski definition) is 5. The van der Waals surface area contributed by atoms with Gasteiger partial charge < -0.3 is 20.1 Å². The van der Waals surface area contributed by atoms with Crippen LogP contribution in [0.3, 0.4) is 0 Å². The molecule has 138 valence electrons. The fourth-order valence-corrected chi connectivity index (χ4v) is 2.09. The predicted octanol–water partition coefficient (Wildman–Crippen LogP) is 1.52. The van der Waals surface area contributed by atoms with Gasteiger partial charge in [0.1, 0.15) is 11.8 Å². The van der Waals surface area contributed by atoms with E-state index in [9.17, 15) is 14.4 Å². The Kier molecular flexibility index (Phi) is 8.46. The van der Waals surface area contributed by atoms with E-state index >= 15 is 0 Å². The number of esters is 1. The lowest BCUT2D eigenvalue weighted by atomic mass is 10.0. The normalized spacial score (nSPS) is 11.6. The SMILES string of the molecule is CCCNC(=O)COC(=O)[C@@H](NC(=O)c1ccccc1OC)C(C)C. The van der Waals surface area contributed by atoms with Crippen molar-refractivity contribution in [3.63, 3.8) is 0 Å². The molecular formula is C18H26N2O5. The molecule has 2 amide bonds. The summed E-state index contributed by atoms with van der Waals surface area (Å²) in [5.74, 6) is -1.25. The number of methoxy groups -OCH3 is 1. The third-order valence-electron chi connectivity index (χ3n) is 3.48. The van der Waals surface area contributed by atoms with E-state index in [1.165, 1.54) is 7.11 Å². The third kappa shape index (κ3) is 6.45. The van der Waals surface area contributed by atoms with Crippen LogP contribution in [-0.4, -0.2) is 44.1 Å². The first-order valence-electron chi connectivity index (χ1n) is 8.27. The molecule has 2 N–H and O–H groups in total. The Balaban J connectivity index is 2.71. The Labute approximate surface area is 148 Å². The van der Waals surface area contributed by atoms with Crippen LogP contribution in [0.5, 0.6) is 5.75 Å². The van der Waals surface area contributed by atoms with Gasteiger partial charge in [-0.25, -0.2) is 4.79 Å². The summed E-state index contributed by atoms with van der Waals surface area (Å²) >= 11 is 0. The molecule has 25 heavy (non-hydrogen) atoms. The van der Waals surface area contributed by atoms with Crippen LogP contribution in [0, 0.1) is 5.92 Å². The molecule has 0 saturated carbocycles. The van der Waals surface area contributed by atoms with E-state index in [0.29, 0.717) is 17.9 Å². The molecule has 0 aromatic heterocycles. The van der Waals surface area contributed by atoms with Gasteiger partial charge in [-0.3, -0.25) is 9.59 Å². The first-order valence-corrected chi connectivity index (χ1v) is 8.27. The quantitative estimate of drug-likeness (QED) is 0.659. The van der Waals surface area contributed by atoms with Crippen molar-refractivity contribution in [2.75, 3.05) is 20.3 Å². The number of amides is 2. The van der Waals surface area contributed by atoms with Gasteiger partial charge in [-0.05, 0) is 24.5 Å². The van der Waals surface area contributed by atoms with Gasteiger partial charge in [-0.1, -0.05) is 32.9 Å². The minimum absolute atomic E-state index is 0.204. The van der Waals surface area contributed by atoms with Crippen LogP contribution < -0.4 is 15.4 Å². The number of para-hydroxylation sites is 1. The number of nitrogens with one attached hydrogen (secondary N) is 2. The van der Waals surface area contributed by atoms with Gasteiger partial charge in [0, 0.05) is 6.54 Å². The van der Waals surface area contributed by atoms with Gasteiger partial charge in [-0.15, -0.1) is 0 Å². The molecule has 0 aliphatic rings.